The van der Waals surface area contributed by atoms with E-state index in [1.54, 1.807) is 17.5 Å². The molecule has 2 aromatic heterocycles. The molecule has 2 rings (SSSR count). The Kier molecular flexibility index (Phi) is 4.60. The van der Waals surface area contributed by atoms with Gasteiger partial charge in [-0.1, -0.05) is 0 Å². The molecule has 0 bridgehead atoms. The lowest BCUT2D eigenvalue weighted by Crippen LogP contribution is -2.05. The van der Waals surface area contributed by atoms with E-state index in [1.807, 2.05) is 30.1 Å². The van der Waals surface area contributed by atoms with Crippen LogP contribution in [-0.2, 0) is 18.8 Å². The molecule has 0 unspecified atom stereocenters. The number of rotatable bonds is 6. The Morgan fingerprint density at radius 3 is 3.00 bits per heavy atom. The fraction of sp³-hybridized carbons (Fsp3) is 0.500. The first kappa shape index (κ1) is 13.4. The van der Waals surface area contributed by atoms with E-state index >= 15 is 0 Å². The molecule has 6 heteroatoms. The first-order valence-electron chi connectivity index (χ1n) is 5.85. The summed E-state index contributed by atoms with van der Waals surface area (Å²) < 4.78 is 7.43. The van der Waals surface area contributed by atoms with Gasteiger partial charge in [0.2, 0.25) is 0 Å². The van der Waals surface area contributed by atoms with Crippen molar-refractivity contribution in [1.82, 2.24) is 14.8 Å². The Morgan fingerprint density at radius 1 is 1.50 bits per heavy atom. The summed E-state index contributed by atoms with van der Waals surface area (Å²) in [4.78, 5) is 4.41. The van der Waals surface area contributed by atoms with E-state index in [0.717, 1.165) is 29.4 Å². The van der Waals surface area contributed by atoms with E-state index in [1.165, 1.54) is 0 Å². The molecule has 0 aliphatic heterocycles. The third kappa shape index (κ3) is 3.71. The van der Waals surface area contributed by atoms with Gasteiger partial charge >= 0.3 is 0 Å². The highest BCUT2D eigenvalue weighted by atomic mass is 35.5. The van der Waals surface area contributed by atoms with Crippen LogP contribution in [0.2, 0.25) is 0 Å². The molecular weight excluding hydrogens is 270 g/mol. The normalized spacial score (nSPS) is 11.1. The largest absolute Gasteiger partial charge is 0.488 e. The maximum atomic E-state index is 5.72. The molecule has 18 heavy (non-hydrogen) atoms. The molecule has 0 radical (unpaired) electrons. The average molecular weight is 286 g/mol. The van der Waals surface area contributed by atoms with Crippen LogP contribution >= 0.6 is 22.9 Å². The third-order valence-corrected chi connectivity index (χ3v) is 3.50. The zero-order valence-corrected chi connectivity index (χ0v) is 12.0. The zero-order chi connectivity index (χ0) is 13.0. The van der Waals surface area contributed by atoms with Crippen LogP contribution in [0.4, 0.5) is 0 Å². The molecule has 2 aromatic rings. The molecule has 0 amide bonds. The van der Waals surface area contributed by atoms with Crippen molar-refractivity contribution in [1.29, 1.82) is 0 Å². The third-order valence-electron chi connectivity index (χ3n) is 2.27. The second-order valence-electron chi connectivity index (χ2n) is 4.22. The van der Waals surface area contributed by atoms with Crippen LogP contribution in [0.15, 0.2) is 17.8 Å². The Hall–Kier alpha value is -1.07. The van der Waals surface area contributed by atoms with Gasteiger partial charge in [-0.15, -0.1) is 22.9 Å². The van der Waals surface area contributed by atoms with Crippen molar-refractivity contribution < 1.29 is 4.74 Å². The van der Waals surface area contributed by atoms with Gasteiger partial charge in [-0.2, -0.15) is 5.10 Å². The summed E-state index contributed by atoms with van der Waals surface area (Å²) in [6.07, 6.45) is 4.69. The van der Waals surface area contributed by atoms with Crippen molar-refractivity contribution in [2.75, 3.05) is 0 Å². The van der Waals surface area contributed by atoms with Crippen LogP contribution in [0.25, 0.3) is 0 Å². The predicted molar refractivity (Wildman–Crippen MR) is 73.4 cm³/mol. The van der Waals surface area contributed by atoms with Gasteiger partial charge in [0.05, 0.1) is 35.1 Å². The Morgan fingerprint density at radius 2 is 2.33 bits per heavy atom. The molecule has 0 aromatic carbocycles. The Bertz CT molecular complexity index is 495. The summed E-state index contributed by atoms with van der Waals surface area (Å²) in [5.41, 5.74) is 0.945. The monoisotopic (exact) mass is 285 g/mol. The lowest BCUT2D eigenvalue weighted by molar-refractivity contribution is 0.242. The first-order valence-corrected chi connectivity index (χ1v) is 7.27. The number of ether oxygens (including phenoxy) is 1. The summed E-state index contributed by atoms with van der Waals surface area (Å²) in [6.45, 7) is 4.80. The molecule has 0 aliphatic carbocycles. The number of halogens is 1. The standard InChI is InChI=1S/C12H16ClN3OS/c1-9(2)17-11-6-14-16(7-11)4-3-12-15-10(5-13)8-18-12/h6-9H,3-5H2,1-2H3. The number of aromatic nitrogens is 3. The number of hydrogen-bond acceptors (Lipinski definition) is 4. The number of alkyl halides is 1. The number of hydrogen-bond donors (Lipinski definition) is 0. The quantitative estimate of drug-likeness (QED) is 0.766. The topological polar surface area (TPSA) is 39.9 Å². The number of nitrogens with zero attached hydrogens (tertiary/aromatic N) is 3. The van der Waals surface area contributed by atoms with Gasteiger partial charge in [0.15, 0.2) is 5.75 Å². The predicted octanol–water partition coefficient (Wildman–Crippen LogP) is 3.11. The van der Waals surface area contributed by atoms with Crippen LogP contribution in [0.5, 0.6) is 5.75 Å². The zero-order valence-electron chi connectivity index (χ0n) is 10.5. The van der Waals surface area contributed by atoms with E-state index in [-0.39, 0.29) is 6.10 Å². The van der Waals surface area contributed by atoms with Gasteiger partial charge in [-0.3, -0.25) is 4.68 Å². The Labute approximate surface area is 116 Å². The minimum absolute atomic E-state index is 0.174. The second-order valence-corrected chi connectivity index (χ2v) is 5.43. The number of aryl methyl sites for hydroxylation is 2. The highest BCUT2D eigenvalue weighted by molar-refractivity contribution is 7.09. The van der Waals surface area contributed by atoms with Crippen molar-refractivity contribution in [2.24, 2.45) is 0 Å². The molecule has 0 N–H and O–H groups in total. The highest BCUT2D eigenvalue weighted by Gasteiger charge is 2.04. The van der Waals surface area contributed by atoms with Crippen molar-refractivity contribution in [3.63, 3.8) is 0 Å². The maximum absolute atomic E-state index is 5.72. The van der Waals surface area contributed by atoms with Gasteiger partial charge < -0.3 is 4.74 Å². The molecule has 98 valence electrons. The van der Waals surface area contributed by atoms with Crippen LogP contribution < -0.4 is 4.74 Å². The highest BCUT2D eigenvalue weighted by Crippen LogP contribution is 2.14. The molecule has 0 spiro atoms. The second kappa shape index (κ2) is 6.20. The van der Waals surface area contributed by atoms with Crippen LogP contribution in [0.1, 0.15) is 24.5 Å². The minimum Gasteiger partial charge on any atom is -0.488 e. The van der Waals surface area contributed by atoms with Crippen molar-refractivity contribution >= 4 is 22.9 Å². The van der Waals surface area contributed by atoms with E-state index in [9.17, 15) is 0 Å². The lowest BCUT2D eigenvalue weighted by Gasteiger charge is -2.05. The lowest BCUT2D eigenvalue weighted by atomic mass is 10.4. The van der Waals surface area contributed by atoms with Crippen LogP contribution in [0, 0.1) is 0 Å². The van der Waals surface area contributed by atoms with E-state index < -0.39 is 0 Å². The van der Waals surface area contributed by atoms with Gasteiger partial charge in [-0.25, -0.2) is 4.98 Å². The van der Waals surface area contributed by atoms with Crippen LogP contribution in [-0.4, -0.2) is 20.9 Å². The van der Waals surface area contributed by atoms with E-state index in [0.29, 0.717) is 5.88 Å². The molecule has 0 atom stereocenters. The minimum atomic E-state index is 0.174. The van der Waals surface area contributed by atoms with Gasteiger partial charge in [-0.05, 0) is 13.8 Å². The average Bonchev–Trinajstić information content (AvgIpc) is 2.94. The van der Waals surface area contributed by atoms with Crippen molar-refractivity contribution in [3.05, 3.63) is 28.5 Å². The van der Waals surface area contributed by atoms with Gasteiger partial charge in [0, 0.05) is 18.3 Å². The summed E-state index contributed by atoms with van der Waals surface area (Å²) >= 11 is 7.36. The fourth-order valence-corrected chi connectivity index (χ4v) is 2.55. The van der Waals surface area contributed by atoms with Crippen LogP contribution in [0.3, 0.4) is 0 Å². The van der Waals surface area contributed by atoms with E-state index in [4.69, 9.17) is 16.3 Å². The molecule has 0 saturated heterocycles. The summed E-state index contributed by atoms with van der Waals surface area (Å²) in [7, 11) is 0. The molecule has 0 fully saturated rings. The smallest absolute Gasteiger partial charge is 0.157 e. The SMILES string of the molecule is CC(C)Oc1cnn(CCc2nc(CCl)cs2)c1. The van der Waals surface area contributed by atoms with E-state index in [2.05, 4.69) is 10.1 Å². The molecule has 2 heterocycles. The number of thiazole rings is 1. The first-order chi connectivity index (χ1) is 8.67. The summed E-state index contributed by atoms with van der Waals surface area (Å²) in [5.74, 6) is 1.29. The van der Waals surface area contributed by atoms with Gasteiger partial charge in [0.25, 0.3) is 0 Å². The molecule has 0 aliphatic rings. The fourth-order valence-electron chi connectivity index (χ4n) is 1.54. The molecule has 0 saturated carbocycles. The van der Waals surface area contributed by atoms with Crippen molar-refractivity contribution in [3.8, 4) is 5.75 Å². The molecule has 4 nitrogen and oxygen atoms in total. The summed E-state index contributed by atoms with van der Waals surface area (Å²) in [6, 6.07) is 0. The van der Waals surface area contributed by atoms with Crippen molar-refractivity contribution in [2.45, 2.75) is 38.8 Å². The van der Waals surface area contributed by atoms with Gasteiger partial charge in [0.1, 0.15) is 0 Å². The molecular formula is C12H16ClN3OS. The Balaban J connectivity index is 1.87. The maximum Gasteiger partial charge on any atom is 0.157 e. The summed E-state index contributed by atoms with van der Waals surface area (Å²) in [5, 5.41) is 7.34.